The third-order valence-electron chi connectivity index (χ3n) is 2.61. The second kappa shape index (κ2) is 6.65. The zero-order valence-corrected chi connectivity index (χ0v) is 11.1. The van der Waals surface area contributed by atoms with E-state index in [4.69, 9.17) is 0 Å². The molecule has 0 amide bonds. The molecule has 1 rings (SSSR count). The van der Waals surface area contributed by atoms with Crippen molar-refractivity contribution in [2.24, 2.45) is 0 Å². The van der Waals surface area contributed by atoms with Crippen molar-refractivity contribution in [2.75, 3.05) is 21.3 Å². The Hall–Kier alpha value is -2.44. The lowest BCUT2D eigenvalue weighted by Gasteiger charge is -2.15. The van der Waals surface area contributed by atoms with Gasteiger partial charge >= 0.3 is 17.9 Å². The van der Waals surface area contributed by atoms with E-state index in [0.29, 0.717) is 0 Å². The Morgan fingerprint density at radius 1 is 1.00 bits per heavy atom. The molecule has 7 heteroatoms. The molecule has 0 unspecified atom stereocenters. The first-order valence-electron chi connectivity index (χ1n) is 5.49. The number of halogens is 1. The fourth-order valence-electron chi connectivity index (χ4n) is 1.65. The molecule has 0 saturated heterocycles. The van der Waals surface area contributed by atoms with Crippen molar-refractivity contribution in [3.8, 4) is 0 Å². The lowest BCUT2D eigenvalue weighted by atomic mass is 9.94. The minimum atomic E-state index is -1.49. The van der Waals surface area contributed by atoms with E-state index in [2.05, 4.69) is 14.2 Å². The minimum Gasteiger partial charge on any atom is -0.468 e. The summed E-state index contributed by atoms with van der Waals surface area (Å²) in [6.07, 6.45) is 0. The maximum atomic E-state index is 13.2. The number of benzene rings is 1. The molecule has 0 heterocycles. The van der Waals surface area contributed by atoms with Crippen LogP contribution in [0.5, 0.6) is 0 Å². The highest BCUT2D eigenvalue weighted by molar-refractivity contribution is 6.04. The summed E-state index contributed by atoms with van der Waals surface area (Å²) in [5.41, 5.74) is -0.287. The first kappa shape index (κ1) is 15.6. The summed E-state index contributed by atoms with van der Waals surface area (Å²) in [5.74, 6) is -4.91. The fourth-order valence-corrected chi connectivity index (χ4v) is 1.65. The number of methoxy groups -OCH3 is 3. The number of rotatable bonds is 4. The summed E-state index contributed by atoms with van der Waals surface area (Å²) in [5, 5.41) is 0. The second-order valence-electron chi connectivity index (χ2n) is 3.70. The molecule has 0 aromatic heterocycles. The molecule has 0 atom stereocenters. The molecule has 0 aliphatic carbocycles. The van der Waals surface area contributed by atoms with Crippen molar-refractivity contribution in [2.45, 2.75) is 5.92 Å². The predicted molar refractivity (Wildman–Crippen MR) is 64.5 cm³/mol. The Morgan fingerprint density at radius 3 is 2.00 bits per heavy atom. The zero-order chi connectivity index (χ0) is 15.3. The first-order valence-corrected chi connectivity index (χ1v) is 5.49. The van der Waals surface area contributed by atoms with Crippen molar-refractivity contribution in [3.63, 3.8) is 0 Å². The molecule has 0 saturated carbocycles. The van der Waals surface area contributed by atoms with E-state index in [1.54, 1.807) is 0 Å². The summed E-state index contributed by atoms with van der Waals surface area (Å²) in [6.45, 7) is 0. The molecule has 6 nitrogen and oxygen atoms in total. The van der Waals surface area contributed by atoms with Gasteiger partial charge in [0.1, 0.15) is 5.82 Å². The van der Waals surface area contributed by atoms with Crippen molar-refractivity contribution in [1.29, 1.82) is 0 Å². The van der Waals surface area contributed by atoms with E-state index >= 15 is 0 Å². The summed E-state index contributed by atoms with van der Waals surface area (Å²) in [6, 6.07) is 3.03. The lowest BCUT2D eigenvalue weighted by molar-refractivity contribution is -0.154. The third-order valence-corrected chi connectivity index (χ3v) is 2.61. The summed E-state index contributed by atoms with van der Waals surface area (Å²) in [4.78, 5) is 35.0. The zero-order valence-electron chi connectivity index (χ0n) is 11.1. The molecule has 20 heavy (non-hydrogen) atoms. The van der Waals surface area contributed by atoms with Gasteiger partial charge in [0.15, 0.2) is 5.92 Å². The Balaban J connectivity index is 3.43. The topological polar surface area (TPSA) is 78.9 Å². The molecule has 108 valence electrons. The maximum absolute atomic E-state index is 13.2. The Bertz CT molecular complexity index is 524. The lowest BCUT2D eigenvalue weighted by Crippen LogP contribution is -2.26. The molecular weight excluding hydrogens is 271 g/mol. The molecule has 0 spiro atoms. The van der Waals surface area contributed by atoms with Crippen LogP contribution in [0.25, 0.3) is 0 Å². The number of hydrogen-bond acceptors (Lipinski definition) is 6. The quantitative estimate of drug-likeness (QED) is 0.467. The number of hydrogen-bond donors (Lipinski definition) is 0. The van der Waals surface area contributed by atoms with Gasteiger partial charge in [0.25, 0.3) is 0 Å². The summed E-state index contributed by atoms with van der Waals surface area (Å²) < 4.78 is 26.7. The highest BCUT2D eigenvalue weighted by Gasteiger charge is 2.34. The standard InChI is InChI=1S/C13H13FO6/c1-18-11(15)9-6-7(14)4-5-8(9)10(12(16)19-2)13(17)20-3/h4-6,10H,1-3H3. The van der Waals surface area contributed by atoms with Gasteiger partial charge < -0.3 is 14.2 Å². The number of carbonyl (C=O) groups is 3. The Kier molecular flexibility index (Phi) is 5.19. The van der Waals surface area contributed by atoms with Crippen LogP contribution in [0, 0.1) is 5.82 Å². The van der Waals surface area contributed by atoms with Crippen LogP contribution in [0.1, 0.15) is 21.8 Å². The molecule has 0 fully saturated rings. The molecule has 0 N–H and O–H groups in total. The van der Waals surface area contributed by atoms with E-state index in [-0.39, 0.29) is 11.1 Å². The number of carbonyl (C=O) groups excluding carboxylic acids is 3. The minimum absolute atomic E-state index is 0.0445. The van der Waals surface area contributed by atoms with Crippen LogP contribution < -0.4 is 0 Å². The monoisotopic (exact) mass is 284 g/mol. The fraction of sp³-hybridized carbons (Fsp3) is 0.308. The van der Waals surface area contributed by atoms with Gasteiger partial charge in [0.05, 0.1) is 26.9 Å². The average Bonchev–Trinajstić information content (AvgIpc) is 2.47. The van der Waals surface area contributed by atoms with Crippen LogP contribution in [-0.4, -0.2) is 39.2 Å². The molecular formula is C13H13FO6. The van der Waals surface area contributed by atoms with Gasteiger partial charge in [-0.15, -0.1) is 0 Å². The number of ether oxygens (including phenoxy) is 3. The highest BCUT2D eigenvalue weighted by atomic mass is 19.1. The van der Waals surface area contributed by atoms with Gasteiger partial charge in [-0.3, -0.25) is 9.59 Å². The molecule has 0 radical (unpaired) electrons. The van der Waals surface area contributed by atoms with E-state index < -0.39 is 29.6 Å². The molecule has 0 aliphatic rings. The van der Waals surface area contributed by atoms with Gasteiger partial charge in [-0.2, -0.15) is 0 Å². The van der Waals surface area contributed by atoms with Gasteiger partial charge in [-0.1, -0.05) is 6.07 Å². The molecule has 0 aliphatic heterocycles. The van der Waals surface area contributed by atoms with Gasteiger partial charge in [-0.05, 0) is 17.7 Å². The largest absolute Gasteiger partial charge is 0.468 e. The SMILES string of the molecule is COC(=O)c1cc(F)ccc1C(C(=O)OC)C(=O)OC. The molecule has 1 aromatic carbocycles. The normalized spacial score (nSPS) is 10.1. The average molecular weight is 284 g/mol. The van der Waals surface area contributed by atoms with E-state index in [9.17, 15) is 18.8 Å². The van der Waals surface area contributed by atoms with Crippen LogP contribution >= 0.6 is 0 Å². The summed E-state index contributed by atoms with van der Waals surface area (Å²) >= 11 is 0. The highest BCUT2D eigenvalue weighted by Crippen LogP contribution is 2.24. The second-order valence-corrected chi connectivity index (χ2v) is 3.70. The van der Waals surface area contributed by atoms with Crippen molar-refractivity contribution in [3.05, 3.63) is 35.1 Å². The van der Waals surface area contributed by atoms with Crippen LogP contribution in [0.15, 0.2) is 18.2 Å². The third kappa shape index (κ3) is 3.11. The van der Waals surface area contributed by atoms with E-state index in [1.807, 2.05) is 0 Å². The van der Waals surface area contributed by atoms with Gasteiger partial charge in [0.2, 0.25) is 0 Å². The van der Waals surface area contributed by atoms with Gasteiger partial charge in [-0.25, -0.2) is 9.18 Å². The summed E-state index contributed by atoms with van der Waals surface area (Å²) in [7, 11) is 3.27. The van der Waals surface area contributed by atoms with E-state index in [0.717, 1.165) is 39.5 Å². The Morgan fingerprint density at radius 2 is 1.55 bits per heavy atom. The van der Waals surface area contributed by atoms with Crippen LogP contribution in [0.3, 0.4) is 0 Å². The molecule has 1 aromatic rings. The van der Waals surface area contributed by atoms with Gasteiger partial charge in [0, 0.05) is 0 Å². The van der Waals surface area contributed by atoms with Crippen molar-refractivity contribution in [1.82, 2.24) is 0 Å². The van der Waals surface area contributed by atoms with Crippen LogP contribution in [0.2, 0.25) is 0 Å². The van der Waals surface area contributed by atoms with E-state index in [1.165, 1.54) is 0 Å². The molecule has 0 bridgehead atoms. The smallest absolute Gasteiger partial charge is 0.338 e. The van der Waals surface area contributed by atoms with Crippen molar-refractivity contribution < 1.29 is 33.0 Å². The predicted octanol–water partition coefficient (Wildman–Crippen LogP) is 1.04. The maximum Gasteiger partial charge on any atom is 0.338 e. The number of esters is 3. The van der Waals surface area contributed by atoms with Crippen LogP contribution in [-0.2, 0) is 23.8 Å². The first-order chi connectivity index (χ1) is 9.46. The van der Waals surface area contributed by atoms with Crippen molar-refractivity contribution >= 4 is 17.9 Å². The van der Waals surface area contributed by atoms with Crippen LogP contribution in [0.4, 0.5) is 4.39 Å². The Labute approximate surface area is 114 Å².